The number of unbranched alkanes of at least 4 members (excludes halogenated alkanes) is 1. The topological polar surface area (TPSA) is 47.9 Å². The van der Waals surface area contributed by atoms with Gasteiger partial charge in [0.05, 0.1) is 6.61 Å². The van der Waals surface area contributed by atoms with Crippen molar-refractivity contribution in [2.75, 3.05) is 6.61 Å². The van der Waals surface area contributed by atoms with Gasteiger partial charge in [0.1, 0.15) is 5.75 Å². The number of hydrogen-bond donors (Lipinski definition) is 0. The number of carbonyl (C=O) groups excluding carboxylic acids is 1. The lowest BCUT2D eigenvalue weighted by molar-refractivity contribution is -0.129. The summed E-state index contributed by atoms with van der Waals surface area (Å²) in [6.07, 6.45) is 3.81. The lowest BCUT2D eigenvalue weighted by Crippen LogP contribution is -2.05. The van der Waals surface area contributed by atoms with E-state index in [0.717, 1.165) is 34.2 Å². The normalized spacial score (nSPS) is 15.2. The summed E-state index contributed by atoms with van der Waals surface area (Å²) in [7, 11) is 0. The monoisotopic (exact) mass is 399 g/mol. The molecule has 0 bridgehead atoms. The van der Waals surface area contributed by atoms with Gasteiger partial charge in [-0.3, -0.25) is 0 Å². The molecule has 0 radical (unpaired) electrons. The Morgan fingerprint density at radius 1 is 1.20 bits per heavy atom. The summed E-state index contributed by atoms with van der Waals surface area (Å²) in [6, 6.07) is 15.1. The second-order valence-electron chi connectivity index (χ2n) is 5.62. The number of carbonyl (C=O) groups is 1. The van der Waals surface area contributed by atoms with E-state index in [1.54, 1.807) is 6.08 Å². The molecular formula is C20H18BrNO3. The predicted octanol–water partition coefficient (Wildman–Crippen LogP) is 4.97. The number of hydrogen-bond acceptors (Lipinski definition) is 4. The van der Waals surface area contributed by atoms with Crippen LogP contribution in [0.1, 0.15) is 30.9 Å². The van der Waals surface area contributed by atoms with Crippen LogP contribution in [0.25, 0.3) is 6.08 Å². The number of benzene rings is 2. The SMILES string of the molecule is CCCCOc1cccc(/C=C2\N=C(c3ccc(Br)cc3)OC2=O)c1. The Hall–Kier alpha value is -2.40. The van der Waals surface area contributed by atoms with Crippen molar-refractivity contribution in [1.82, 2.24) is 0 Å². The summed E-state index contributed by atoms with van der Waals surface area (Å²) >= 11 is 3.38. The summed E-state index contributed by atoms with van der Waals surface area (Å²) in [4.78, 5) is 16.4. The molecule has 2 aromatic carbocycles. The molecule has 2 aromatic rings. The Morgan fingerprint density at radius 2 is 2.00 bits per heavy atom. The lowest BCUT2D eigenvalue weighted by atomic mass is 10.2. The molecule has 25 heavy (non-hydrogen) atoms. The van der Waals surface area contributed by atoms with E-state index in [1.807, 2.05) is 48.5 Å². The highest BCUT2D eigenvalue weighted by Crippen LogP contribution is 2.22. The molecule has 0 amide bonds. The maximum Gasteiger partial charge on any atom is 0.363 e. The van der Waals surface area contributed by atoms with Gasteiger partial charge in [0, 0.05) is 10.0 Å². The predicted molar refractivity (Wildman–Crippen MR) is 102 cm³/mol. The van der Waals surface area contributed by atoms with Crippen molar-refractivity contribution in [3.63, 3.8) is 0 Å². The van der Waals surface area contributed by atoms with E-state index in [0.29, 0.717) is 12.5 Å². The first-order chi connectivity index (χ1) is 12.2. The van der Waals surface area contributed by atoms with E-state index in [-0.39, 0.29) is 5.70 Å². The highest BCUT2D eigenvalue weighted by Gasteiger charge is 2.24. The Kier molecular flexibility index (Phi) is 5.66. The quantitative estimate of drug-likeness (QED) is 0.391. The fourth-order valence-corrected chi connectivity index (χ4v) is 2.58. The molecule has 1 aliphatic rings. The smallest absolute Gasteiger partial charge is 0.363 e. The van der Waals surface area contributed by atoms with E-state index in [1.165, 1.54) is 0 Å². The van der Waals surface area contributed by atoms with E-state index >= 15 is 0 Å². The molecule has 0 atom stereocenters. The van der Waals surface area contributed by atoms with Crippen LogP contribution < -0.4 is 4.74 Å². The van der Waals surface area contributed by atoms with Gasteiger partial charge in [0.15, 0.2) is 5.70 Å². The van der Waals surface area contributed by atoms with Crippen molar-refractivity contribution in [3.8, 4) is 5.75 Å². The summed E-state index contributed by atoms with van der Waals surface area (Å²) in [5.74, 6) is 0.653. The van der Waals surface area contributed by atoms with Crippen LogP contribution in [0.15, 0.2) is 63.7 Å². The number of rotatable bonds is 6. The van der Waals surface area contributed by atoms with Gasteiger partial charge in [0.25, 0.3) is 0 Å². The van der Waals surface area contributed by atoms with Gasteiger partial charge < -0.3 is 9.47 Å². The zero-order valence-electron chi connectivity index (χ0n) is 13.9. The van der Waals surface area contributed by atoms with Gasteiger partial charge >= 0.3 is 5.97 Å². The van der Waals surface area contributed by atoms with Crippen molar-refractivity contribution in [2.24, 2.45) is 4.99 Å². The number of ether oxygens (including phenoxy) is 2. The molecule has 3 rings (SSSR count). The third-order valence-corrected chi connectivity index (χ3v) is 4.17. The van der Waals surface area contributed by atoms with Crippen LogP contribution in [-0.4, -0.2) is 18.5 Å². The maximum absolute atomic E-state index is 12.1. The maximum atomic E-state index is 12.1. The van der Waals surface area contributed by atoms with Gasteiger partial charge in [-0.1, -0.05) is 41.4 Å². The second-order valence-corrected chi connectivity index (χ2v) is 6.53. The van der Waals surface area contributed by atoms with Crippen molar-refractivity contribution >= 4 is 33.9 Å². The first-order valence-corrected chi connectivity index (χ1v) is 8.96. The first kappa shape index (κ1) is 17.4. The van der Waals surface area contributed by atoms with Crippen molar-refractivity contribution in [2.45, 2.75) is 19.8 Å². The lowest BCUT2D eigenvalue weighted by Gasteiger charge is -2.05. The molecule has 0 aliphatic carbocycles. The van der Waals surface area contributed by atoms with Crippen LogP contribution in [0.3, 0.4) is 0 Å². The average Bonchev–Trinajstić information content (AvgIpc) is 2.97. The van der Waals surface area contributed by atoms with Gasteiger partial charge in [0.2, 0.25) is 5.90 Å². The molecule has 5 heteroatoms. The summed E-state index contributed by atoms with van der Waals surface area (Å²) in [6.45, 7) is 2.81. The zero-order valence-corrected chi connectivity index (χ0v) is 15.5. The fraction of sp³-hybridized carbons (Fsp3) is 0.200. The molecule has 0 aromatic heterocycles. The first-order valence-electron chi connectivity index (χ1n) is 8.17. The van der Waals surface area contributed by atoms with Crippen LogP contribution in [0.4, 0.5) is 0 Å². The van der Waals surface area contributed by atoms with Gasteiger partial charge in [-0.25, -0.2) is 9.79 Å². The Bertz CT molecular complexity index is 825. The molecule has 1 heterocycles. The third kappa shape index (κ3) is 4.57. The van der Waals surface area contributed by atoms with E-state index in [9.17, 15) is 4.79 Å². The van der Waals surface area contributed by atoms with E-state index in [2.05, 4.69) is 27.8 Å². The van der Waals surface area contributed by atoms with E-state index in [4.69, 9.17) is 9.47 Å². The fourth-order valence-electron chi connectivity index (χ4n) is 2.31. The minimum atomic E-state index is -0.449. The largest absolute Gasteiger partial charge is 0.494 e. The van der Waals surface area contributed by atoms with Gasteiger partial charge in [-0.2, -0.15) is 0 Å². The van der Waals surface area contributed by atoms with Crippen LogP contribution in [0, 0.1) is 0 Å². The molecule has 0 saturated carbocycles. The molecule has 0 fully saturated rings. The summed E-state index contributed by atoms with van der Waals surface area (Å²) in [5, 5.41) is 0. The molecule has 0 N–H and O–H groups in total. The highest BCUT2D eigenvalue weighted by atomic mass is 79.9. The highest BCUT2D eigenvalue weighted by molar-refractivity contribution is 9.10. The standard InChI is InChI=1S/C20H18BrNO3/c1-2-3-11-24-17-6-4-5-14(12-17)13-18-20(23)25-19(22-18)15-7-9-16(21)10-8-15/h4-10,12-13H,2-3,11H2,1H3/b18-13-. The average molecular weight is 400 g/mol. The minimum absolute atomic E-state index is 0.281. The number of cyclic esters (lactones) is 1. The molecule has 1 aliphatic heterocycles. The number of nitrogens with zero attached hydrogens (tertiary/aromatic N) is 1. The van der Waals surface area contributed by atoms with Crippen molar-refractivity contribution in [1.29, 1.82) is 0 Å². The van der Waals surface area contributed by atoms with Crippen LogP contribution >= 0.6 is 15.9 Å². The molecule has 4 nitrogen and oxygen atoms in total. The van der Waals surface area contributed by atoms with Gasteiger partial charge in [-0.05, 0) is 54.5 Å². The van der Waals surface area contributed by atoms with Crippen molar-refractivity contribution < 1.29 is 14.3 Å². The third-order valence-electron chi connectivity index (χ3n) is 3.64. The molecular weight excluding hydrogens is 382 g/mol. The van der Waals surface area contributed by atoms with Crippen LogP contribution in [0.5, 0.6) is 5.75 Å². The number of halogens is 1. The molecule has 0 unspecified atom stereocenters. The Labute approximate surface area is 155 Å². The second kappa shape index (κ2) is 8.12. The van der Waals surface area contributed by atoms with Crippen LogP contribution in [0.2, 0.25) is 0 Å². The summed E-state index contributed by atoms with van der Waals surface area (Å²) in [5.41, 5.74) is 1.89. The Balaban J connectivity index is 1.79. The van der Waals surface area contributed by atoms with E-state index < -0.39 is 5.97 Å². The minimum Gasteiger partial charge on any atom is -0.494 e. The molecule has 128 valence electrons. The van der Waals surface area contributed by atoms with Gasteiger partial charge in [-0.15, -0.1) is 0 Å². The zero-order chi connectivity index (χ0) is 17.6. The Morgan fingerprint density at radius 3 is 2.76 bits per heavy atom. The molecule has 0 spiro atoms. The number of esters is 1. The number of aliphatic imine (C=N–C) groups is 1. The molecule has 0 saturated heterocycles. The van der Waals surface area contributed by atoms with Crippen LogP contribution in [-0.2, 0) is 9.53 Å². The summed E-state index contributed by atoms with van der Waals surface area (Å²) < 4.78 is 11.9. The van der Waals surface area contributed by atoms with Crippen molar-refractivity contribution in [3.05, 3.63) is 69.8 Å².